The summed E-state index contributed by atoms with van der Waals surface area (Å²) in [7, 11) is 1.77. The first-order valence-electron chi connectivity index (χ1n) is 8.29. The summed E-state index contributed by atoms with van der Waals surface area (Å²) in [6, 6.07) is 1.85. The molecule has 0 spiro atoms. The number of anilines is 1. The van der Waals surface area contributed by atoms with Gasteiger partial charge in [0.25, 0.3) is 0 Å². The van der Waals surface area contributed by atoms with Crippen LogP contribution in [0.4, 0.5) is 18.9 Å². The van der Waals surface area contributed by atoms with Crippen LogP contribution >= 0.6 is 0 Å². The molecule has 0 saturated carbocycles. The summed E-state index contributed by atoms with van der Waals surface area (Å²) in [5.41, 5.74) is 1.91. The summed E-state index contributed by atoms with van der Waals surface area (Å²) in [5.74, 6) is -1.18. The number of amides is 2. The van der Waals surface area contributed by atoms with Crippen LogP contribution in [0.15, 0.2) is 18.5 Å². The molecule has 27 heavy (non-hydrogen) atoms. The zero-order chi connectivity index (χ0) is 19.8. The molecular formula is C16H19F3N6O2. The van der Waals surface area contributed by atoms with Gasteiger partial charge in [0, 0.05) is 26.2 Å². The maximum Gasteiger partial charge on any atom is 0.408 e. The minimum atomic E-state index is -4.40. The molecule has 1 atom stereocenters. The number of nitrogens with one attached hydrogen (secondary N) is 1. The number of rotatable bonds is 5. The Morgan fingerprint density at radius 1 is 1.41 bits per heavy atom. The van der Waals surface area contributed by atoms with E-state index in [0.29, 0.717) is 0 Å². The first-order chi connectivity index (χ1) is 12.6. The van der Waals surface area contributed by atoms with Gasteiger partial charge in [0.1, 0.15) is 6.54 Å². The van der Waals surface area contributed by atoms with Gasteiger partial charge in [-0.3, -0.25) is 19.0 Å². The van der Waals surface area contributed by atoms with Crippen LogP contribution in [0, 0.1) is 12.8 Å². The third kappa shape index (κ3) is 4.47. The minimum absolute atomic E-state index is 0.000693. The maximum absolute atomic E-state index is 12.4. The summed E-state index contributed by atoms with van der Waals surface area (Å²) in [4.78, 5) is 25.8. The summed E-state index contributed by atoms with van der Waals surface area (Å²) < 4.78 is 39.7. The van der Waals surface area contributed by atoms with Gasteiger partial charge >= 0.3 is 6.18 Å². The van der Waals surface area contributed by atoms with E-state index in [2.05, 4.69) is 15.5 Å². The summed E-state index contributed by atoms with van der Waals surface area (Å²) in [6.07, 6.45) is -2.04. The molecule has 1 aliphatic rings. The molecule has 3 heterocycles. The van der Waals surface area contributed by atoms with E-state index < -0.39 is 18.6 Å². The molecule has 2 aromatic heterocycles. The molecule has 8 nitrogen and oxygen atoms in total. The fraction of sp³-hybridized carbons (Fsp3) is 0.500. The highest BCUT2D eigenvalue weighted by Gasteiger charge is 2.36. The molecule has 1 N–H and O–H groups in total. The number of carbonyl (C=O) groups excluding carboxylic acids is 2. The lowest BCUT2D eigenvalue weighted by Gasteiger charge is -2.14. The van der Waals surface area contributed by atoms with E-state index in [1.807, 2.05) is 13.0 Å². The van der Waals surface area contributed by atoms with Crippen molar-refractivity contribution >= 4 is 17.5 Å². The van der Waals surface area contributed by atoms with Crippen LogP contribution in [0.3, 0.4) is 0 Å². The highest BCUT2D eigenvalue weighted by molar-refractivity contribution is 6.00. The number of carbonyl (C=O) groups is 2. The molecule has 2 amide bonds. The Hall–Kier alpha value is -2.85. The zero-order valence-corrected chi connectivity index (χ0v) is 14.8. The number of hydrogen-bond donors (Lipinski definition) is 1. The Labute approximate surface area is 152 Å². The molecule has 0 radical (unpaired) electrons. The number of nitrogens with zero attached hydrogens (tertiary/aromatic N) is 5. The van der Waals surface area contributed by atoms with Gasteiger partial charge in [0.2, 0.25) is 11.8 Å². The Morgan fingerprint density at radius 3 is 2.78 bits per heavy atom. The zero-order valence-electron chi connectivity index (χ0n) is 14.8. The molecule has 3 rings (SSSR count). The van der Waals surface area contributed by atoms with Crippen molar-refractivity contribution in [2.75, 3.05) is 11.4 Å². The van der Waals surface area contributed by atoms with Crippen molar-refractivity contribution in [1.82, 2.24) is 24.9 Å². The average molecular weight is 384 g/mol. The average Bonchev–Trinajstić information content (AvgIpc) is 3.23. The molecule has 1 fully saturated rings. The van der Waals surface area contributed by atoms with Gasteiger partial charge in [0.05, 0.1) is 35.7 Å². The van der Waals surface area contributed by atoms with Gasteiger partial charge in [0.15, 0.2) is 0 Å². The lowest BCUT2D eigenvalue weighted by molar-refractivity contribution is -0.142. The predicted molar refractivity (Wildman–Crippen MR) is 88.5 cm³/mol. The Kier molecular flexibility index (Phi) is 4.94. The predicted octanol–water partition coefficient (Wildman–Crippen LogP) is 1.16. The fourth-order valence-corrected chi connectivity index (χ4v) is 3.05. The maximum atomic E-state index is 12.4. The Bertz CT molecular complexity index is 857. The molecule has 1 saturated heterocycles. The number of hydrogen-bond acceptors (Lipinski definition) is 4. The van der Waals surface area contributed by atoms with Gasteiger partial charge in [-0.15, -0.1) is 0 Å². The number of halogens is 3. The van der Waals surface area contributed by atoms with Crippen molar-refractivity contribution in [3.63, 3.8) is 0 Å². The molecule has 11 heteroatoms. The van der Waals surface area contributed by atoms with Gasteiger partial charge in [-0.1, -0.05) is 0 Å². The topological polar surface area (TPSA) is 85.0 Å². The first kappa shape index (κ1) is 18.9. The Morgan fingerprint density at radius 2 is 2.15 bits per heavy atom. The molecule has 0 aliphatic carbocycles. The van der Waals surface area contributed by atoms with E-state index in [9.17, 15) is 22.8 Å². The van der Waals surface area contributed by atoms with Crippen LogP contribution in [-0.4, -0.2) is 44.1 Å². The van der Waals surface area contributed by atoms with Crippen LogP contribution < -0.4 is 10.2 Å². The standard InChI is InChI=1S/C16H19F3N6O2/c1-10-3-12(23(2)22-10)5-20-15(27)11-4-14(26)25(7-11)13-6-21-24(8-13)9-16(17,18)19/h3,6,8,11H,4-5,7,9H2,1-2H3,(H,20,27)/t11-/m1/s1. The Balaban J connectivity index is 1.59. The molecule has 146 valence electrons. The second-order valence-electron chi connectivity index (χ2n) is 6.54. The van der Waals surface area contributed by atoms with Gasteiger partial charge < -0.3 is 10.2 Å². The molecule has 2 aromatic rings. The molecule has 1 aliphatic heterocycles. The second-order valence-corrected chi connectivity index (χ2v) is 6.54. The molecule has 0 bridgehead atoms. The van der Waals surface area contributed by atoms with E-state index >= 15 is 0 Å². The summed E-state index contributed by atoms with van der Waals surface area (Å²) in [6.45, 7) is 0.998. The largest absolute Gasteiger partial charge is 0.408 e. The van der Waals surface area contributed by atoms with E-state index in [4.69, 9.17) is 0 Å². The number of aryl methyl sites for hydroxylation is 2. The van der Waals surface area contributed by atoms with Gasteiger partial charge in [-0.05, 0) is 13.0 Å². The fourth-order valence-electron chi connectivity index (χ4n) is 3.05. The van der Waals surface area contributed by atoms with Crippen LogP contribution in [0.25, 0.3) is 0 Å². The van der Waals surface area contributed by atoms with Crippen molar-refractivity contribution in [3.05, 3.63) is 29.8 Å². The molecule has 0 unspecified atom stereocenters. The van der Waals surface area contributed by atoms with Crippen molar-refractivity contribution < 1.29 is 22.8 Å². The SMILES string of the molecule is Cc1cc(CNC(=O)[C@@H]2CC(=O)N(c3cnn(CC(F)(F)F)c3)C2)n(C)n1. The summed E-state index contributed by atoms with van der Waals surface area (Å²) in [5, 5.41) is 10.6. The third-order valence-electron chi connectivity index (χ3n) is 4.31. The van der Waals surface area contributed by atoms with Gasteiger partial charge in [-0.25, -0.2) is 0 Å². The highest BCUT2D eigenvalue weighted by atomic mass is 19.4. The number of alkyl halides is 3. The highest BCUT2D eigenvalue weighted by Crippen LogP contribution is 2.26. The van der Waals surface area contributed by atoms with Crippen molar-refractivity contribution in [2.24, 2.45) is 13.0 Å². The van der Waals surface area contributed by atoms with Crippen LogP contribution in [-0.2, 0) is 29.7 Å². The van der Waals surface area contributed by atoms with Crippen molar-refractivity contribution in [2.45, 2.75) is 32.6 Å². The first-order valence-corrected chi connectivity index (χ1v) is 8.29. The van der Waals surface area contributed by atoms with Crippen molar-refractivity contribution in [3.8, 4) is 0 Å². The van der Waals surface area contributed by atoms with E-state index in [0.717, 1.165) is 22.3 Å². The van der Waals surface area contributed by atoms with Gasteiger partial charge in [-0.2, -0.15) is 23.4 Å². The van der Waals surface area contributed by atoms with E-state index in [1.54, 1.807) is 11.7 Å². The van der Waals surface area contributed by atoms with Crippen LogP contribution in [0.2, 0.25) is 0 Å². The lowest BCUT2D eigenvalue weighted by Crippen LogP contribution is -2.33. The summed E-state index contributed by atoms with van der Waals surface area (Å²) >= 11 is 0. The normalized spacial score (nSPS) is 17.6. The smallest absolute Gasteiger partial charge is 0.350 e. The lowest BCUT2D eigenvalue weighted by atomic mass is 10.1. The number of aromatic nitrogens is 4. The second kappa shape index (κ2) is 7.05. The van der Waals surface area contributed by atoms with Crippen molar-refractivity contribution in [1.29, 1.82) is 0 Å². The van der Waals surface area contributed by atoms with E-state index in [-0.39, 0.29) is 37.0 Å². The quantitative estimate of drug-likeness (QED) is 0.838. The third-order valence-corrected chi connectivity index (χ3v) is 4.31. The van der Waals surface area contributed by atoms with Crippen LogP contribution in [0.5, 0.6) is 0 Å². The monoisotopic (exact) mass is 384 g/mol. The molecular weight excluding hydrogens is 365 g/mol. The van der Waals surface area contributed by atoms with E-state index in [1.165, 1.54) is 11.1 Å². The minimum Gasteiger partial charge on any atom is -0.350 e. The van der Waals surface area contributed by atoms with Crippen LogP contribution in [0.1, 0.15) is 17.8 Å². The molecule has 0 aromatic carbocycles.